The van der Waals surface area contributed by atoms with E-state index in [4.69, 9.17) is 22.5 Å². The Kier molecular flexibility index (Phi) is 4.39. The molecule has 0 saturated heterocycles. The smallest absolute Gasteiger partial charge is 0.166 e. The molecule has 0 saturated carbocycles. The highest BCUT2D eigenvalue weighted by Crippen LogP contribution is 2.50. The van der Waals surface area contributed by atoms with E-state index in [1.807, 2.05) is 20.8 Å². The lowest BCUT2D eigenvalue weighted by atomic mass is 9.86. The second kappa shape index (κ2) is 4.95. The number of hydrogen-bond donors (Lipinski definition) is 0. The van der Waals surface area contributed by atoms with Gasteiger partial charge in [-0.05, 0) is 17.0 Å². The maximum absolute atomic E-state index is 12.9. The summed E-state index contributed by atoms with van der Waals surface area (Å²) in [5.74, 6) is 0. The van der Waals surface area contributed by atoms with Crippen LogP contribution in [0.4, 0.5) is 13.2 Å². The van der Waals surface area contributed by atoms with Crippen LogP contribution in [-0.2, 0) is 11.6 Å². The molecule has 1 aromatic rings. The molecule has 17 heavy (non-hydrogen) atoms. The van der Waals surface area contributed by atoms with E-state index < -0.39 is 23.8 Å². The van der Waals surface area contributed by atoms with Crippen molar-refractivity contribution >= 4 is 34.4 Å². The van der Waals surface area contributed by atoms with Gasteiger partial charge in [0.2, 0.25) is 0 Å². The Morgan fingerprint density at radius 2 is 1.47 bits per heavy atom. The van der Waals surface area contributed by atoms with Gasteiger partial charge in [-0.1, -0.05) is 55.4 Å². The first-order chi connectivity index (χ1) is 7.55. The fraction of sp³-hybridized carbons (Fsp3) is 0.455. The van der Waals surface area contributed by atoms with Crippen LogP contribution in [0.2, 0.25) is 0 Å². The summed E-state index contributed by atoms with van der Waals surface area (Å²) in [6.45, 7) is 3.65. The highest BCUT2D eigenvalue weighted by Gasteiger charge is 2.37. The van der Waals surface area contributed by atoms with Crippen molar-refractivity contribution in [1.29, 1.82) is 0 Å². The third-order valence-corrected chi connectivity index (χ3v) is 4.15. The van der Waals surface area contributed by atoms with Crippen LogP contribution < -0.4 is 5.30 Å². The fourth-order valence-electron chi connectivity index (χ4n) is 1.56. The highest BCUT2D eigenvalue weighted by molar-refractivity contribution is 8.09. The zero-order valence-corrected chi connectivity index (χ0v) is 12.0. The molecule has 1 rings (SSSR count). The normalized spacial score (nSPS) is 13.2. The molecule has 0 aliphatic carbocycles. The lowest BCUT2D eigenvalue weighted by Crippen LogP contribution is -2.26. The van der Waals surface area contributed by atoms with Crippen molar-refractivity contribution in [3.63, 3.8) is 0 Å². The van der Waals surface area contributed by atoms with Gasteiger partial charge in [0, 0.05) is 5.30 Å². The molecule has 0 aliphatic heterocycles. The van der Waals surface area contributed by atoms with Gasteiger partial charge in [-0.3, -0.25) is 0 Å². The number of alkyl halides is 3. The molecule has 0 N–H and O–H groups in total. The molecule has 0 heterocycles. The fourth-order valence-corrected chi connectivity index (χ4v) is 3.63. The van der Waals surface area contributed by atoms with Crippen LogP contribution in [0, 0.1) is 0 Å². The minimum absolute atomic E-state index is 0.0193. The minimum atomic E-state index is -4.43. The Morgan fingerprint density at radius 1 is 1.00 bits per heavy atom. The van der Waals surface area contributed by atoms with Crippen molar-refractivity contribution in [3.05, 3.63) is 29.3 Å². The number of rotatable bonds is 1. The van der Waals surface area contributed by atoms with Crippen molar-refractivity contribution in [2.45, 2.75) is 32.4 Å². The van der Waals surface area contributed by atoms with Gasteiger partial charge in [-0.2, -0.15) is 13.2 Å². The first kappa shape index (κ1) is 15.1. The predicted molar refractivity (Wildman–Crippen MR) is 68.4 cm³/mol. The average molecular weight is 303 g/mol. The zero-order chi connectivity index (χ0) is 13.4. The third-order valence-electron chi connectivity index (χ3n) is 2.32. The summed E-state index contributed by atoms with van der Waals surface area (Å²) in [4.78, 5) is 0. The van der Waals surface area contributed by atoms with Crippen molar-refractivity contribution < 1.29 is 13.2 Å². The predicted octanol–water partition coefficient (Wildman–Crippen LogP) is 5.42. The van der Waals surface area contributed by atoms with Gasteiger partial charge in [0.25, 0.3) is 0 Å². The molecule has 0 spiro atoms. The van der Waals surface area contributed by atoms with Crippen LogP contribution in [0.3, 0.4) is 0 Å². The monoisotopic (exact) mass is 302 g/mol. The van der Waals surface area contributed by atoms with Crippen molar-refractivity contribution in [1.82, 2.24) is 0 Å². The van der Waals surface area contributed by atoms with Crippen LogP contribution in [0.25, 0.3) is 0 Å². The molecule has 96 valence electrons. The van der Waals surface area contributed by atoms with Gasteiger partial charge in [0.05, 0.1) is 5.56 Å². The Morgan fingerprint density at radius 3 is 1.82 bits per heavy atom. The average Bonchev–Trinajstić information content (AvgIpc) is 2.13. The number of benzene rings is 1. The van der Waals surface area contributed by atoms with E-state index >= 15 is 0 Å². The van der Waals surface area contributed by atoms with Crippen LogP contribution in [0.15, 0.2) is 18.2 Å². The molecule has 0 bridgehead atoms. The highest BCUT2D eigenvalue weighted by atomic mass is 35.9. The van der Waals surface area contributed by atoms with Crippen molar-refractivity contribution in [2.24, 2.45) is 0 Å². The summed E-state index contributed by atoms with van der Waals surface area (Å²) in [7, 11) is 0. The lowest BCUT2D eigenvalue weighted by Gasteiger charge is -2.25. The Labute approximate surface area is 109 Å². The van der Waals surface area contributed by atoms with Crippen LogP contribution in [0.5, 0.6) is 0 Å². The maximum atomic E-state index is 12.9. The van der Waals surface area contributed by atoms with E-state index in [0.29, 0.717) is 5.56 Å². The first-order valence-corrected chi connectivity index (χ1v) is 8.02. The summed E-state index contributed by atoms with van der Waals surface area (Å²) in [5.41, 5.74) is -0.620. The molecular formula is C11H12Cl2F3P. The van der Waals surface area contributed by atoms with E-state index in [2.05, 4.69) is 0 Å². The van der Waals surface area contributed by atoms with Gasteiger partial charge >= 0.3 is 6.18 Å². The van der Waals surface area contributed by atoms with Gasteiger partial charge in [0.15, 0.2) is 0 Å². The van der Waals surface area contributed by atoms with Gasteiger partial charge < -0.3 is 0 Å². The second-order valence-electron chi connectivity index (χ2n) is 4.68. The molecule has 6 heteroatoms. The SMILES string of the molecule is CC(C)(C)c1cccc(C(F)(F)F)c1P(Cl)Cl. The first-order valence-electron chi connectivity index (χ1n) is 4.87. The van der Waals surface area contributed by atoms with E-state index in [9.17, 15) is 13.2 Å². The molecule has 0 aliphatic rings. The van der Waals surface area contributed by atoms with E-state index in [-0.39, 0.29) is 5.30 Å². The van der Waals surface area contributed by atoms with Crippen molar-refractivity contribution in [2.75, 3.05) is 0 Å². The van der Waals surface area contributed by atoms with Gasteiger partial charge in [-0.15, -0.1) is 0 Å². The maximum Gasteiger partial charge on any atom is 0.417 e. The molecule has 0 nitrogen and oxygen atoms in total. The van der Waals surface area contributed by atoms with Crippen LogP contribution in [-0.4, -0.2) is 0 Å². The summed E-state index contributed by atoms with van der Waals surface area (Å²) >= 11 is 11.5. The third kappa shape index (κ3) is 3.49. The lowest BCUT2D eigenvalue weighted by molar-refractivity contribution is -0.136. The number of hydrogen-bond acceptors (Lipinski definition) is 0. The Balaban J connectivity index is 3.55. The Hall–Kier alpha value is 0.0200. The van der Waals surface area contributed by atoms with Crippen LogP contribution >= 0.6 is 29.1 Å². The minimum Gasteiger partial charge on any atom is -0.166 e. The molecular weight excluding hydrogens is 291 g/mol. The van der Waals surface area contributed by atoms with Gasteiger partial charge in [0.1, 0.15) is 6.63 Å². The zero-order valence-electron chi connectivity index (χ0n) is 9.57. The molecule has 1 aromatic carbocycles. The number of halogens is 5. The topological polar surface area (TPSA) is 0 Å². The van der Waals surface area contributed by atoms with Crippen molar-refractivity contribution in [3.8, 4) is 0 Å². The largest absolute Gasteiger partial charge is 0.417 e. The quantitative estimate of drug-likeness (QED) is 0.608. The molecule has 0 unspecified atom stereocenters. The summed E-state index contributed by atoms with van der Waals surface area (Å²) in [6.07, 6.45) is -4.43. The second-order valence-corrected chi connectivity index (χ2v) is 8.14. The van der Waals surface area contributed by atoms with E-state index in [1.165, 1.54) is 6.07 Å². The summed E-state index contributed by atoms with van der Waals surface area (Å²) in [6, 6.07) is 4.05. The van der Waals surface area contributed by atoms with Gasteiger partial charge in [-0.25, -0.2) is 0 Å². The molecule has 0 fully saturated rings. The van der Waals surface area contributed by atoms with E-state index in [1.54, 1.807) is 6.07 Å². The summed E-state index contributed by atoms with van der Waals surface area (Å²) < 4.78 is 38.6. The Bertz CT molecular complexity index is 376. The van der Waals surface area contributed by atoms with Crippen LogP contribution in [0.1, 0.15) is 31.9 Å². The molecule has 0 radical (unpaired) electrons. The summed E-state index contributed by atoms with van der Waals surface area (Å²) in [5, 5.41) is 0.0193. The molecule has 0 aromatic heterocycles. The standard InChI is InChI=1S/C11H12Cl2F3P/c1-10(2,3)7-5-4-6-8(11(14,15)16)9(7)17(12)13/h4-6H,1-3H3. The van der Waals surface area contributed by atoms with E-state index in [0.717, 1.165) is 6.07 Å². The molecule has 0 amide bonds. The molecule has 0 atom stereocenters.